The first-order chi connectivity index (χ1) is 6.51. The average molecular weight is 199 g/mol. The summed E-state index contributed by atoms with van der Waals surface area (Å²) in [5.74, 6) is 2.01. The van der Waals surface area contributed by atoms with Gasteiger partial charge < -0.3 is 4.74 Å². The minimum atomic E-state index is -4.66. The zero-order valence-corrected chi connectivity index (χ0v) is 7.01. The van der Waals surface area contributed by atoms with E-state index in [0.29, 0.717) is 5.56 Å². The van der Waals surface area contributed by atoms with E-state index in [1.165, 1.54) is 30.7 Å². The Bertz CT molecular complexity index is 332. The molecule has 0 aliphatic rings. The van der Waals surface area contributed by atoms with Crippen molar-refractivity contribution < 1.29 is 17.9 Å². The minimum Gasteiger partial charge on any atom is -0.406 e. The molecular weight excluding hydrogens is 193 g/mol. The van der Waals surface area contributed by atoms with Crippen LogP contribution >= 0.6 is 0 Å². The smallest absolute Gasteiger partial charge is 0.406 e. The van der Waals surface area contributed by atoms with E-state index in [9.17, 15) is 13.2 Å². The van der Waals surface area contributed by atoms with E-state index in [-0.39, 0.29) is 5.75 Å². The molecule has 1 radical (unpaired) electrons. The summed E-state index contributed by atoms with van der Waals surface area (Å²) in [6, 6.07) is 5.30. The van der Waals surface area contributed by atoms with E-state index in [1.807, 2.05) is 0 Å². The predicted molar refractivity (Wildman–Crippen MR) is 45.4 cm³/mol. The molecule has 1 aromatic rings. The van der Waals surface area contributed by atoms with Gasteiger partial charge in [-0.2, -0.15) is 0 Å². The van der Waals surface area contributed by atoms with Gasteiger partial charge in [0.05, 0.1) is 6.42 Å². The topological polar surface area (TPSA) is 9.23 Å². The summed E-state index contributed by atoms with van der Waals surface area (Å²) in [6.45, 7) is 0. The van der Waals surface area contributed by atoms with Crippen LogP contribution in [0.2, 0.25) is 0 Å². The van der Waals surface area contributed by atoms with Gasteiger partial charge in [-0.05, 0) is 17.7 Å². The van der Waals surface area contributed by atoms with Gasteiger partial charge >= 0.3 is 6.36 Å². The first-order valence-corrected chi connectivity index (χ1v) is 3.66. The van der Waals surface area contributed by atoms with Crippen LogP contribution in [0, 0.1) is 18.8 Å². The van der Waals surface area contributed by atoms with E-state index in [1.54, 1.807) is 0 Å². The lowest BCUT2D eigenvalue weighted by atomic mass is 10.1. The lowest BCUT2D eigenvalue weighted by Crippen LogP contribution is -2.16. The van der Waals surface area contributed by atoms with E-state index in [0.717, 1.165) is 0 Å². The highest BCUT2D eigenvalue weighted by atomic mass is 19.4. The molecule has 0 spiro atoms. The Balaban J connectivity index is 2.70. The zero-order valence-electron chi connectivity index (χ0n) is 7.01. The number of alkyl halides is 3. The Morgan fingerprint density at radius 2 is 1.79 bits per heavy atom. The van der Waals surface area contributed by atoms with Crippen molar-refractivity contribution in [2.24, 2.45) is 0 Å². The Morgan fingerprint density at radius 3 is 2.21 bits per heavy atom. The van der Waals surface area contributed by atoms with Crippen molar-refractivity contribution in [2.75, 3.05) is 0 Å². The molecule has 0 N–H and O–H groups in total. The molecule has 0 saturated heterocycles. The summed E-state index contributed by atoms with van der Waals surface area (Å²) in [7, 11) is 0. The Hall–Kier alpha value is -1.63. The Kier molecular flexibility index (Phi) is 3.03. The molecule has 0 fully saturated rings. The molecule has 14 heavy (non-hydrogen) atoms. The van der Waals surface area contributed by atoms with Gasteiger partial charge in [0.2, 0.25) is 0 Å². The first kappa shape index (κ1) is 10.5. The summed E-state index contributed by atoms with van der Waals surface area (Å²) in [6.07, 6.45) is 1.77. The molecule has 0 unspecified atom stereocenters. The Labute approximate surface area is 79.5 Å². The van der Waals surface area contributed by atoms with Crippen LogP contribution in [0.4, 0.5) is 13.2 Å². The lowest BCUT2D eigenvalue weighted by molar-refractivity contribution is -0.274. The van der Waals surface area contributed by atoms with Gasteiger partial charge in [0.15, 0.2) is 0 Å². The molecule has 0 aliphatic carbocycles. The van der Waals surface area contributed by atoms with Gasteiger partial charge in [-0.15, -0.1) is 19.6 Å². The molecule has 0 bridgehead atoms. The van der Waals surface area contributed by atoms with Crippen molar-refractivity contribution in [2.45, 2.75) is 6.36 Å². The number of ether oxygens (including phenoxy) is 1. The van der Waals surface area contributed by atoms with Crippen molar-refractivity contribution in [3.8, 4) is 18.1 Å². The van der Waals surface area contributed by atoms with Crippen molar-refractivity contribution in [3.05, 3.63) is 36.2 Å². The van der Waals surface area contributed by atoms with E-state index < -0.39 is 6.36 Å². The van der Waals surface area contributed by atoms with Crippen LogP contribution in [0.3, 0.4) is 0 Å². The standard InChI is InChI=1S/C10H6F3O/c1-2-3-8-4-6-9(7-5-8)14-10(11,12)13/h1,3-7H. The summed E-state index contributed by atoms with van der Waals surface area (Å²) in [5.41, 5.74) is 0.655. The molecule has 0 saturated carbocycles. The van der Waals surface area contributed by atoms with Crippen molar-refractivity contribution in [1.82, 2.24) is 0 Å². The third kappa shape index (κ3) is 3.40. The predicted octanol–water partition coefficient (Wildman–Crippen LogP) is 2.77. The molecule has 73 valence electrons. The van der Waals surface area contributed by atoms with Crippen molar-refractivity contribution >= 4 is 0 Å². The van der Waals surface area contributed by atoms with Gasteiger partial charge in [-0.25, -0.2) is 0 Å². The van der Waals surface area contributed by atoms with Gasteiger partial charge in [0, 0.05) is 0 Å². The number of rotatable bonds is 2. The van der Waals surface area contributed by atoms with Crippen LogP contribution < -0.4 is 4.74 Å². The van der Waals surface area contributed by atoms with Crippen LogP contribution in [0.25, 0.3) is 0 Å². The van der Waals surface area contributed by atoms with Crippen molar-refractivity contribution in [3.63, 3.8) is 0 Å². The fraction of sp³-hybridized carbons (Fsp3) is 0.100. The van der Waals surface area contributed by atoms with Crippen LogP contribution in [0.1, 0.15) is 5.56 Å². The highest BCUT2D eigenvalue weighted by molar-refractivity contribution is 5.35. The maximum absolute atomic E-state index is 11.7. The zero-order chi connectivity index (χ0) is 10.6. The van der Waals surface area contributed by atoms with Gasteiger partial charge in [0.25, 0.3) is 0 Å². The van der Waals surface area contributed by atoms with E-state index in [4.69, 9.17) is 6.42 Å². The molecule has 0 heterocycles. The molecule has 1 nitrogen and oxygen atoms in total. The van der Waals surface area contributed by atoms with E-state index >= 15 is 0 Å². The molecule has 4 heteroatoms. The fourth-order valence-corrected chi connectivity index (χ4v) is 0.862. The summed E-state index contributed by atoms with van der Waals surface area (Å²) < 4.78 is 38.9. The second-order valence-electron chi connectivity index (χ2n) is 2.43. The summed E-state index contributed by atoms with van der Waals surface area (Å²) in [5, 5.41) is 0. The fourth-order valence-electron chi connectivity index (χ4n) is 0.862. The third-order valence-corrected chi connectivity index (χ3v) is 1.36. The molecular formula is C10H6F3O. The van der Waals surface area contributed by atoms with Crippen molar-refractivity contribution in [1.29, 1.82) is 0 Å². The highest BCUT2D eigenvalue weighted by Gasteiger charge is 2.30. The third-order valence-electron chi connectivity index (χ3n) is 1.36. The largest absolute Gasteiger partial charge is 0.573 e. The SMILES string of the molecule is C#C[CH]c1ccc(OC(F)(F)F)cc1. The second-order valence-corrected chi connectivity index (χ2v) is 2.43. The molecule has 0 amide bonds. The molecule has 1 aromatic carbocycles. The average Bonchev–Trinajstić information content (AvgIpc) is 2.06. The van der Waals surface area contributed by atoms with E-state index in [2.05, 4.69) is 10.7 Å². The second kappa shape index (κ2) is 4.05. The highest BCUT2D eigenvalue weighted by Crippen LogP contribution is 2.22. The molecule has 0 aromatic heterocycles. The van der Waals surface area contributed by atoms with Crippen LogP contribution in [0.15, 0.2) is 24.3 Å². The van der Waals surface area contributed by atoms with Gasteiger partial charge in [0.1, 0.15) is 5.75 Å². The monoisotopic (exact) mass is 199 g/mol. The molecule has 1 rings (SSSR count). The molecule has 0 atom stereocenters. The van der Waals surface area contributed by atoms with Crippen LogP contribution in [0.5, 0.6) is 5.75 Å². The normalized spacial score (nSPS) is 10.7. The maximum Gasteiger partial charge on any atom is 0.573 e. The quantitative estimate of drug-likeness (QED) is 0.665. The number of benzene rings is 1. The minimum absolute atomic E-state index is 0.258. The number of halogens is 3. The van der Waals surface area contributed by atoms with Gasteiger partial charge in [-0.1, -0.05) is 18.1 Å². The first-order valence-electron chi connectivity index (χ1n) is 3.66. The lowest BCUT2D eigenvalue weighted by Gasteiger charge is -2.08. The summed E-state index contributed by atoms with van der Waals surface area (Å²) in [4.78, 5) is 0. The van der Waals surface area contributed by atoms with Crippen LogP contribution in [-0.4, -0.2) is 6.36 Å². The maximum atomic E-state index is 11.7. The van der Waals surface area contributed by atoms with Crippen LogP contribution in [-0.2, 0) is 0 Å². The summed E-state index contributed by atoms with van der Waals surface area (Å²) >= 11 is 0. The van der Waals surface area contributed by atoms with Gasteiger partial charge in [-0.3, -0.25) is 0 Å². The number of hydrogen-bond donors (Lipinski definition) is 0. The molecule has 0 aliphatic heterocycles. The number of terminal acetylenes is 1. The Morgan fingerprint density at radius 1 is 1.21 bits per heavy atom. The number of hydrogen-bond acceptors (Lipinski definition) is 1.